The van der Waals surface area contributed by atoms with Crippen molar-refractivity contribution in [3.05, 3.63) is 174 Å². The SMILES string of the molecule is CCCC1=C(c2ccc3ccc4cc(-c5ccc(-c6ccc7cc(-c8ccc9ccccc9c8)ccc7c6)cc5)ccc4c3c2C)CCC=C1. The van der Waals surface area contributed by atoms with Crippen LogP contribution in [-0.2, 0) is 0 Å². The summed E-state index contributed by atoms with van der Waals surface area (Å²) in [4.78, 5) is 0. The first-order chi connectivity index (χ1) is 24.6. The van der Waals surface area contributed by atoms with E-state index in [1.807, 2.05) is 0 Å². The molecule has 240 valence electrons. The second kappa shape index (κ2) is 12.6. The normalized spacial score (nSPS) is 13.2. The summed E-state index contributed by atoms with van der Waals surface area (Å²) in [6, 6.07) is 54.3. The molecule has 0 saturated heterocycles. The maximum Gasteiger partial charge on any atom is -0.00700 e. The van der Waals surface area contributed by atoms with Crippen molar-refractivity contribution >= 4 is 48.7 Å². The van der Waals surface area contributed by atoms with E-state index in [0.29, 0.717) is 0 Å². The standard InChI is InChI=1S/C50H40/c1-3-8-37-10-6-7-12-48(37)47-27-25-38-18-24-46-32-41(26-28-49(46)50(38)33(47)2)36-15-13-35(14-16-36)40-20-21-44-31-45(23-22-43(44)30-40)42-19-17-34-9-4-5-11-39(34)29-42/h4-6,9-11,13-32H,3,7-8,12H2,1-2H3. The Morgan fingerprint density at radius 3 is 1.66 bits per heavy atom. The minimum absolute atomic E-state index is 1.13. The maximum atomic E-state index is 2.37. The second-order valence-corrected chi connectivity index (χ2v) is 13.9. The first-order valence-corrected chi connectivity index (χ1v) is 18.1. The van der Waals surface area contributed by atoms with Gasteiger partial charge in [0.05, 0.1) is 0 Å². The number of allylic oxidation sites excluding steroid dienone is 4. The van der Waals surface area contributed by atoms with Crippen molar-refractivity contribution in [2.45, 2.75) is 39.5 Å². The summed E-state index contributed by atoms with van der Waals surface area (Å²) < 4.78 is 0. The number of aryl methyl sites for hydroxylation is 1. The predicted octanol–water partition coefficient (Wildman–Crippen LogP) is 14.5. The molecule has 50 heavy (non-hydrogen) atoms. The van der Waals surface area contributed by atoms with Gasteiger partial charge in [0.2, 0.25) is 0 Å². The fraction of sp³-hybridized carbons (Fsp3) is 0.120. The summed E-state index contributed by atoms with van der Waals surface area (Å²) >= 11 is 0. The van der Waals surface area contributed by atoms with Crippen molar-refractivity contribution in [1.82, 2.24) is 0 Å². The zero-order chi connectivity index (χ0) is 33.6. The van der Waals surface area contributed by atoms with Crippen molar-refractivity contribution in [3.63, 3.8) is 0 Å². The van der Waals surface area contributed by atoms with Gasteiger partial charge in [0.1, 0.15) is 0 Å². The van der Waals surface area contributed by atoms with Crippen LogP contribution in [0.25, 0.3) is 82.0 Å². The minimum atomic E-state index is 1.13. The first kappa shape index (κ1) is 30.3. The highest BCUT2D eigenvalue weighted by Gasteiger charge is 2.16. The van der Waals surface area contributed by atoms with Crippen molar-refractivity contribution in [2.75, 3.05) is 0 Å². The van der Waals surface area contributed by atoms with Crippen molar-refractivity contribution < 1.29 is 0 Å². The van der Waals surface area contributed by atoms with Gasteiger partial charge in [-0.3, -0.25) is 0 Å². The molecule has 0 fully saturated rings. The van der Waals surface area contributed by atoms with Crippen LogP contribution in [0.15, 0.2) is 163 Å². The largest absolute Gasteiger partial charge is 0.0839 e. The van der Waals surface area contributed by atoms with Crippen LogP contribution in [0.5, 0.6) is 0 Å². The number of fused-ring (bicyclic) bond motifs is 5. The van der Waals surface area contributed by atoms with Crippen molar-refractivity contribution in [2.24, 2.45) is 0 Å². The molecule has 0 nitrogen and oxygen atoms in total. The Morgan fingerprint density at radius 2 is 0.980 bits per heavy atom. The van der Waals surface area contributed by atoms with Crippen LogP contribution in [0.1, 0.15) is 43.7 Å². The van der Waals surface area contributed by atoms with E-state index in [1.54, 1.807) is 5.57 Å². The lowest BCUT2D eigenvalue weighted by molar-refractivity contribution is 0.903. The van der Waals surface area contributed by atoms with E-state index < -0.39 is 0 Å². The summed E-state index contributed by atoms with van der Waals surface area (Å²) in [5.41, 5.74) is 13.4. The maximum absolute atomic E-state index is 2.37. The van der Waals surface area contributed by atoms with Crippen LogP contribution < -0.4 is 0 Å². The van der Waals surface area contributed by atoms with E-state index in [-0.39, 0.29) is 0 Å². The molecule has 0 aliphatic heterocycles. The number of rotatable bonds is 6. The Labute approximate surface area is 295 Å². The highest BCUT2D eigenvalue weighted by Crippen LogP contribution is 2.39. The molecular weight excluding hydrogens is 601 g/mol. The molecule has 0 amide bonds. The topological polar surface area (TPSA) is 0 Å². The highest BCUT2D eigenvalue weighted by molar-refractivity contribution is 6.11. The Kier molecular flexibility index (Phi) is 7.66. The van der Waals surface area contributed by atoms with E-state index in [2.05, 4.69) is 172 Å². The van der Waals surface area contributed by atoms with Gasteiger partial charge in [-0.05, 0) is 149 Å². The van der Waals surface area contributed by atoms with Crippen LogP contribution in [-0.4, -0.2) is 0 Å². The molecule has 0 spiro atoms. The van der Waals surface area contributed by atoms with E-state index in [1.165, 1.54) is 99.6 Å². The van der Waals surface area contributed by atoms with E-state index in [9.17, 15) is 0 Å². The number of hydrogen-bond donors (Lipinski definition) is 0. The third-order valence-corrected chi connectivity index (χ3v) is 10.8. The van der Waals surface area contributed by atoms with E-state index >= 15 is 0 Å². The van der Waals surface area contributed by atoms with Gasteiger partial charge < -0.3 is 0 Å². The third kappa shape index (κ3) is 5.42. The first-order valence-electron chi connectivity index (χ1n) is 18.1. The summed E-state index contributed by atoms with van der Waals surface area (Å²) in [6.45, 7) is 4.61. The molecule has 0 bridgehead atoms. The zero-order valence-electron chi connectivity index (χ0n) is 28.8. The summed E-state index contributed by atoms with van der Waals surface area (Å²) in [5, 5.41) is 10.4. The average molecular weight is 641 g/mol. The summed E-state index contributed by atoms with van der Waals surface area (Å²) in [5.74, 6) is 0. The van der Waals surface area contributed by atoms with Crippen LogP contribution >= 0.6 is 0 Å². The number of benzene rings is 8. The van der Waals surface area contributed by atoms with Crippen molar-refractivity contribution in [3.8, 4) is 33.4 Å². The molecule has 0 N–H and O–H groups in total. The Hall–Kier alpha value is -5.72. The highest BCUT2D eigenvalue weighted by atomic mass is 14.2. The lowest BCUT2D eigenvalue weighted by Gasteiger charge is -2.20. The van der Waals surface area contributed by atoms with Gasteiger partial charge in [0, 0.05) is 0 Å². The predicted molar refractivity (Wildman–Crippen MR) is 218 cm³/mol. The average Bonchev–Trinajstić information content (AvgIpc) is 3.17. The molecule has 0 saturated carbocycles. The molecule has 9 rings (SSSR count). The Bertz CT molecular complexity index is 2650. The molecular formula is C50H40. The van der Waals surface area contributed by atoms with Crippen LogP contribution in [0.4, 0.5) is 0 Å². The van der Waals surface area contributed by atoms with Gasteiger partial charge in [-0.2, -0.15) is 0 Å². The minimum Gasteiger partial charge on any atom is -0.0839 e. The van der Waals surface area contributed by atoms with E-state index in [0.717, 1.165) is 19.3 Å². The molecule has 0 atom stereocenters. The summed E-state index contributed by atoms with van der Waals surface area (Å²) in [6.07, 6.45) is 9.31. The molecule has 8 aromatic rings. The lowest BCUT2D eigenvalue weighted by Crippen LogP contribution is -1.98. The van der Waals surface area contributed by atoms with E-state index in [4.69, 9.17) is 0 Å². The molecule has 0 aromatic heterocycles. The molecule has 0 heteroatoms. The number of hydrogen-bond acceptors (Lipinski definition) is 0. The molecule has 0 unspecified atom stereocenters. The smallest absolute Gasteiger partial charge is 0.00700 e. The third-order valence-electron chi connectivity index (χ3n) is 10.8. The molecule has 8 aromatic carbocycles. The van der Waals surface area contributed by atoms with Crippen LogP contribution in [0, 0.1) is 6.92 Å². The second-order valence-electron chi connectivity index (χ2n) is 13.9. The molecule has 1 aliphatic rings. The van der Waals surface area contributed by atoms with Gasteiger partial charge in [-0.15, -0.1) is 0 Å². The molecule has 0 radical (unpaired) electrons. The molecule has 1 aliphatic carbocycles. The van der Waals surface area contributed by atoms with Gasteiger partial charge in [-0.1, -0.05) is 147 Å². The van der Waals surface area contributed by atoms with Gasteiger partial charge in [0.15, 0.2) is 0 Å². The fourth-order valence-electron chi connectivity index (χ4n) is 8.20. The zero-order valence-corrected chi connectivity index (χ0v) is 28.8. The quantitative estimate of drug-likeness (QED) is 0.159. The van der Waals surface area contributed by atoms with Gasteiger partial charge in [-0.25, -0.2) is 0 Å². The fourth-order valence-corrected chi connectivity index (χ4v) is 8.20. The van der Waals surface area contributed by atoms with Crippen molar-refractivity contribution in [1.29, 1.82) is 0 Å². The Balaban J connectivity index is 1.01. The van der Waals surface area contributed by atoms with Crippen LogP contribution in [0.3, 0.4) is 0 Å². The monoisotopic (exact) mass is 640 g/mol. The van der Waals surface area contributed by atoms with Gasteiger partial charge in [0.25, 0.3) is 0 Å². The Morgan fingerprint density at radius 1 is 0.480 bits per heavy atom. The summed E-state index contributed by atoms with van der Waals surface area (Å²) in [7, 11) is 0. The van der Waals surface area contributed by atoms with Crippen LogP contribution in [0.2, 0.25) is 0 Å². The van der Waals surface area contributed by atoms with Gasteiger partial charge >= 0.3 is 0 Å². The lowest BCUT2D eigenvalue weighted by atomic mass is 9.85. The molecule has 0 heterocycles.